The van der Waals surface area contributed by atoms with Gasteiger partial charge in [0.05, 0.1) is 13.0 Å². The number of carbonyl (C=O) groups is 2. The van der Waals surface area contributed by atoms with Gasteiger partial charge in [-0.1, -0.05) is 6.07 Å². The minimum atomic E-state index is -0.433. The Kier molecular flexibility index (Phi) is 3.44. The van der Waals surface area contributed by atoms with E-state index < -0.39 is 5.92 Å². The number of hydrogen-bond donors (Lipinski definition) is 0. The summed E-state index contributed by atoms with van der Waals surface area (Å²) in [5.74, 6) is 1.44. The number of benzene rings is 1. The van der Waals surface area contributed by atoms with Crippen LogP contribution in [0, 0.1) is 12.8 Å². The number of aryl methyl sites for hydroxylation is 1. The molecule has 4 rings (SSSR count). The van der Waals surface area contributed by atoms with Gasteiger partial charge in [-0.05, 0) is 31.2 Å². The highest BCUT2D eigenvalue weighted by molar-refractivity contribution is 5.89. The van der Waals surface area contributed by atoms with E-state index in [4.69, 9.17) is 13.9 Å². The molecule has 0 saturated heterocycles. The van der Waals surface area contributed by atoms with Gasteiger partial charge in [0.25, 0.3) is 0 Å². The monoisotopic (exact) mass is 326 g/mol. The van der Waals surface area contributed by atoms with Crippen LogP contribution in [-0.2, 0) is 9.59 Å². The van der Waals surface area contributed by atoms with Crippen LogP contribution in [0.25, 0.3) is 0 Å². The van der Waals surface area contributed by atoms with Gasteiger partial charge in [-0.2, -0.15) is 0 Å². The second kappa shape index (κ2) is 5.51. The molecule has 24 heavy (non-hydrogen) atoms. The number of ketones is 1. The van der Waals surface area contributed by atoms with E-state index >= 15 is 0 Å². The lowest BCUT2D eigenvalue weighted by atomic mass is 9.66. The number of esters is 1. The molecule has 2 heterocycles. The lowest BCUT2D eigenvalue weighted by Gasteiger charge is -2.39. The zero-order valence-electron chi connectivity index (χ0n) is 13.6. The first kappa shape index (κ1) is 15.0. The van der Waals surface area contributed by atoms with E-state index in [1.165, 1.54) is 0 Å². The third-order valence-corrected chi connectivity index (χ3v) is 4.99. The molecular formula is C19H18O5. The number of ether oxygens (including phenoxy) is 2. The van der Waals surface area contributed by atoms with E-state index in [2.05, 4.69) is 0 Å². The lowest BCUT2D eigenvalue weighted by molar-refractivity contribution is -0.144. The van der Waals surface area contributed by atoms with Crippen molar-refractivity contribution >= 4 is 11.8 Å². The predicted octanol–water partition coefficient (Wildman–Crippen LogP) is 3.36. The van der Waals surface area contributed by atoms with Crippen LogP contribution in [0.15, 0.2) is 34.7 Å². The summed E-state index contributed by atoms with van der Waals surface area (Å²) in [5, 5.41) is 0. The van der Waals surface area contributed by atoms with Crippen molar-refractivity contribution in [3.63, 3.8) is 0 Å². The second-order valence-corrected chi connectivity index (χ2v) is 6.43. The fourth-order valence-electron chi connectivity index (χ4n) is 3.98. The third kappa shape index (κ3) is 2.23. The molecule has 124 valence electrons. The van der Waals surface area contributed by atoms with E-state index in [0.29, 0.717) is 30.1 Å². The molecule has 3 atom stereocenters. The highest BCUT2D eigenvalue weighted by atomic mass is 16.5. The molecule has 5 nitrogen and oxygen atoms in total. The second-order valence-electron chi connectivity index (χ2n) is 6.43. The Hall–Kier alpha value is -2.56. The van der Waals surface area contributed by atoms with Gasteiger partial charge in [0.2, 0.25) is 0 Å². The number of carbonyl (C=O) groups excluding carboxylic acids is 2. The molecular weight excluding hydrogens is 308 g/mol. The summed E-state index contributed by atoms with van der Waals surface area (Å²) in [4.78, 5) is 25.1. The Morgan fingerprint density at radius 2 is 1.88 bits per heavy atom. The van der Waals surface area contributed by atoms with Crippen LogP contribution in [0.4, 0.5) is 0 Å². The number of rotatable bonds is 2. The zero-order chi connectivity index (χ0) is 16.8. The number of hydrogen-bond acceptors (Lipinski definition) is 5. The van der Waals surface area contributed by atoms with E-state index in [1.807, 2.05) is 25.1 Å². The fraction of sp³-hybridized carbons (Fsp3) is 0.368. The maximum absolute atomic E-state index is 12.7. The summed E-state index contributed by atoms with van der Waals surface area (Å²) in [6, 6.07) is 9.06. The molecule has 0 bridgehead atoms. The average Bonchev–Trinajstić information content (AvgIpc) is 2.99. The van der Waals surface area contributed by atoms with Crippen LogP contribution in [-0.4, -0.2) is 18.9 Å². The molecule has 1 aliphatic carbocycles. The maximum atomic E-state index is 12.7. The van der Waals surface area contributed by atoms with Crippen LogP contribution in [0.5, 0.6) is 11.5 Å². The topological polar surface area (TPSA) is 65.7 Å². The summed E-state index contributed by atoms with van der Waals surface area (Å²) >= 11 is 0. The summed E-state index contributed by atoms with van der Waals surface area (Å²) in [6.07, 6.45) is 0.622. The number of methoxy groups -OCH3 is 1. The van der Waals surface area contributed by atoms with Crippen molar-refractivity contribution in [2.45, 2.75) is 31.6 Å². The van der Waals surface area contributed by atoms with Gasteiger partial charge >= 0.3 is 5.97 Å². The van der Waals surface area contributed by atoms with Gasteiger partial charge < -0.3 is 13.9 Å². The number of Topliss-reactive ketones (excluding diaryl/α,β-unsaturated/α-hetero) is 1. The van der Waals surface area contributed by atoms with Gasteiger partial charge in [0.15, 0.2) is 0 Å². The quantitative estimate of drug-likeness (QED) is 0.625. The number of furan rings is 1. The predicted molar refractivity (Wildman–Crippen MR) is 85.3 cm³/mol. The van der Waals surface area contributed by atoms with Crippen molar-refractivity contribution in [1.29, 1.82) is 0 Å². The minimum absolute atomic E-state index is 0.127. The molecule has 0 spiro atoms. The summed E-state index contributed by atoms with van der Waals surface area (Å²) in [6.45, 7) is 1.85. The smallest absolute Gasteiger partial charge is 0.315 e. The molecule has 1 fully saturated rings. The summed E-state index contributed by atoms with van der Waals surface area (Å²) in [7, 11) is 1.58. The molecule has 1 aliphatic heterocycles. The standard InChI is InChI=1S/C19H18O5/c1-10-6-7-14(23-10)12-8-11(20)9-13-17(12)19(21)24-16-5-3-4-15(22-2)18(13)16/h3-7,12-13,17H,8-9H2,1-2H3/t12-,13-,17+/m1/s1. The van der Waals surface area contributed by atoms with Crippen molar-refractivity contribution in [3.8, 4) is 11.5 Å². The van der Waals surface area contributed by atoms with Gasteiger partial charge in [0, 0.05) is 30.2 Å². The normalized spacial score (nSPS) is 25.7. The number of fused-ring (bicyclic) bond motifs is 3. The van der Waals surface area contributed by atoms with Crippen molar-refractivity contribution in [3.05, 3.63) is 47.4 Å². The Bertz CT molecular complexity index is 819. The van der Waals surface area contributed by atoms with Gasteiger partial charge in [-0.3, -0.25) is 9.59 Å². The molecule has 0 radical (unpaired) electrons. The van der Waals surface area contributed by atoms with E-state index in [1.54, 1.807) is 19.2 Å². The van der Waals surface area contributed by atoms with E-state index in [0.717, 1.165) is 11.3 Å². The average molecular weight is 326 g/mol. The molecule has 2 aromatic rings. The highest BCUT2D eigenvalue weighted by Crippen LogP contribution is 2.53. The van der Waals surface area contributed by atoms with Crippen molar-refractivity contribution in [2.24, 2.45) is 5.92 Å². The maximum Gasteiger partial charge on any atom is 0.315 e. The van der Waals surface area contributed by atoms with Crippen LogP contribution in [0.2, 0.25) is 0 Å². The van der Waals surface area contributed by atoms with Crippen molar-refractivity contribution in [2.75, 3.05) is 7.11 Å². The molecule has 0 N–H and O–H groups in total. The van der Waals surface area contributed by atoms with Gasteiger partial charge in [-0.15, -0.1) is 0 Å². The van der Waals surface area contributed by atoms with E-state index in [9.17, 15) is 9.59 Å². The minimum Gasteiger partial charge on any atom is -0.496 e. The van der Waals surface area contributed by atoms with Crippen molar-refractivity contribution in [1.82, 2.24) is 0 Å². The molecule has 1 aromatic carbocycles. The van der Waals surface area contributed by atoms with E-state index in [-0.39, 0.29) is 23.6 Å². The van der Waals surface area contributed by atoms with Crippen LogP contribution < -0.4 is 9.47 Å². The molecule has 5 heteroatoms. The summed E-state index contributed by atoms with van der Waals surface area (Å²) in [5.41, 5.74) is 0.811. The Morgan fingerprint density at radius 1 is 1.08 bits per heavy atom. The Morgan fingerprint density at radius 3 is 2.58 bits per heavy atom. The first-order valence-corrected chi connectivity index (χ1v) is 8.05. The molecule has 0 amide bonds. The molecule has 0 unspecified atom stereocenters. The van der Waals surface area contributed by atoms with Gasteiger partial charge in [0.1, 0.15) is 28.8 Å². The Labute approximate surface area is 139 Å². The van der Waals surface area contributed by atoms with Crippen LogP contribution in [0.3, 0.4) is 0 Å². The zero-order valence-corrected chi connectivity index (χ0v) is 13.6. The lowest BCUT2D eigenvalue weighted by Crippen LogP contribution is -2.41. The van der Waals surface area contributed by atoms with Crippen LogP contribution in [0.1, 0.15) is 41.8 Å². The fourth-order valence-corrected chi connectivity index (χ4v) is 3.98. The first-order chi connectivity index (χ1) is 11.6. The highest BCUT2D eigenvalue weighted by Gasteiger charge is 2.49. The SMILES string of the molecule is COc1cccc2c1[C@@H]1CC(=O)C[C@H](c3ccc(C)o3)[C@@H]1C(=O)O2. The van der Waals surface area contributed by atoms with Crippen molar-refractivity contribution < 1.29 is 23.5 Å². The third-order valence-electron chi connectivity index (χ3n) is 4.99. The largest absolute Gasteiger partial charge is 0.496 e. The molecule has 1 saturated carbocycles. The Balaban J connectivity index is 1.84. The molecule has 2 aliphatic rings. The first-order valence-electron chi connectivity index (χ1n) is 8.05. The van der Waals surface area contributed by atoms with Gasteiger partial charge in [-0.25, -0.2) is 0 Å². The van der Waals surface area contributed by atoms with Crippen LogP contribution >= 0.6 is 0 Å². The molecule has 1 aromatic heterocycles. The summed E-state index contributed by atoms with van der Waals surface area (Å²) < 4.78 is 16.7.